The molecular formula is C9H12O4S2. The number of hydrogen-bond acceptors (Lipinski definition) is 4. The number of phenolic OH excluding ortho intramolecular Hbond substituents is 1. The Hall–Kier alpha value is -0.720. The van der Waals surface area contributed by atoms with Crippen molar-refractivity contribution in [3.05, 3.63) is 24.3 Å². The molecule has 1 aromatic rings. The lowest BCUT2D eigenvalue weighted by atomic mass is 10.3. The van der Waals surface area contributed by atoms with Gasteiger partial charge in [-0.05, 0) is 36.4 Å². The summed E-state index contributed by atoms with van der Waals surface area (Å²) in [6.45, 7) is 0. The molecule has 15 heavy (non-hydrogen) atoms. The first-order valence-corrected chi connectivity index (χ1v) is 6.94. The fourth-order valence-electron chi connectivity index (χ4n) is 0.974. The van der Waals surface area contributed by atoms with Crippen LogP contribution in [0.5, 0.6) is 5.75 Å². The van der Waals surface area contributed by atoms with Gasteiger partial charge in [-0.1, -0.05) is 0 Å². The van der Waals surface area contributed by atoms with E-state index in [0.29, 0.717) is 12.2 Å². The third-order valence-electron chi connectivity index (χ3n) is 1.65. The minimum atomic E-state index is -3.84. The van der Waals surface area contributed by atoms with Crippen molar-refractivity contribution in [3.8, 4) is 5.75 Å². The number of phenols is 1. The third kappa shape index (κ3) is 5.66. The molecular weight excluding hydrogens is 236 g/mol. The zero-order valence-electron chi connectivity index (χ0n) is 7.96. The number of rotatable bonds is 5. The second-order valence-electron chi connectivity index (χ2n) is 2.98. The number of aromatic hydroxyl groups is 1. The Bertz CT molecular complexity index is 397. The van der Waals surface area contributed by atoms with Crippen molar-refractivity contribution in [2.45, 2.75) is 11.3 Å². The molecule has 0 bridgehead atoms. The van der Waals surface area contributed by atoms with Gasteiger partial charge in [-0.15, -0.1) is 11.8 Å². The highest BCUT2D eigenvalue weighted by atomic mass is 32.2. The highest BCUT2D eigenvalue weighted by Gasteiger charge is 2.03. The Morgan fingerprint density at radius 2 is 1.80 bits per heavy atom. The van der Waals surface area contributed by atoms with Gasteiger partial charge in [0.2, 0.25) is 0 Å². The van der Waals surface area contributed by atoms with E-state index < -0.39 is 10.1 Å². The van der Waals surface area contributed by atoms with Crippen LogP contribution in [0.15, 0.2) is 29.2 Å². The molecule has 84 valence electrons. The molecule has 0 spiro atoms. The van der Waals surface area contributed by atoms with Gasteiger partial charge in [-0.3, -0.25) is 4.55 Å². The van der Waals surface area contributed by atoms with Crippen LogP contribution < -0.4 is 0 Å². The van der Waals surface area contributed by atoms with E-state index in [1.165, 1.54) is 11.8 Å². The van der Waals surface area contributed by atoms with Gasteiger partial charge in [0.05, 0.1) is 5.75 Å². The van der Waals surface area contributed by atoms with Crippen LogP contribution in [0.3, 0.4) is 0 Å². The first-order valence-electron chi connectivity index (χ1n) is 4.34. The maximum Gasteiger partial charge on any atom is 0.264 e. The summed E-state index contributed by atoms with van der Waals surface area (Å²) in [5.74, 6) is 0.611. The maximum absolute atomic E-state index is 10.4. The van der Waals surface area contributed by atoms with Gasteiger partial charge >= 0.3 is 0 Å². The van der Waals surface area contributed by atoms with Gasteiger partial charge in [0, 0.05) is 4.90 Å². The Morgan fingerprint density at radius 3 is 2.33 bits per heavy atom. The van der Waals surface area contributed by atoms with Gasteiger partial charge in [-0.25, -0.2) is 0 Å². The average molecular weight is 248 g/mol. The maximum atomic E-state index is 10.4. The average Bonchev–Trinajstić information content (AvgIpc) is 2.14. The summed E-state index contributed by atoms with van der Waals surface area (Å²) in [5.41, 5.74) is 0. The molecule has 0 radical (unpaired) electrons. The third-order valence-corrected chi connectivity index (χ3v) is 3.55. The van der Waals surface area contributed by atoms with Gasteiger partial charge < -0.3 is 5.11 Å². The van der Waals surface area contributed by atoms with Crippen molar-refractivity contribution in [2.75, 3.05) is 11.5 Å². The molecule has 0 aliphatic carbocycles. The summed E-state index contributed by atoms with van der Waals surface area (Å²) in [7, 11) is -3.84. The number of benzene rings is 1. The van der Waals surface area contributed by atoms with Crippen LogP contribution in [0.1, 0.15) is 6.42 Å². The van der Waals surface area contributed by atoms with Crippen molar-refractivity contribution in [1.82, 2.24) is 0 Å². The second kappa shape index (κ2) is 5.39. The fraction of sp³-hybridized carbons (Fsp3) is 0.333. The lowest BCUT2D eigenvalue weighted by molar-refractivity contribution is 0.474. The van der Waals surface area contributed by atoms with E-state index in [0.717, 1.165) is 4.90 Å². The summed E-state index contributed by atoms with van der Waals surface area (Å²) < 4.78 is 29.3. The van der Waals surface area contributed by atoms with Crippen LogP contribution in [0.25, 0.3) is 0 Å². The Kier molecular flexibility index (Phi) is 4.44. The first kappa shape index (κ1) is 12.4. The molecule has 0 aliphatic rings. The van der Waals surface area contributed by atoms with E-state index in [9.17, 15) is 8.42 Å². The summed E-state index contributed by atoms with van der Waals surface area (Å²) >= 11 is 1.48. The van der Waals surface area contributed by atoms with Crippen LogP contribution in [-0.4, -0.2) is 29.6 Å². The lowest BCUT2D eigenvalue weighted by Gasteiger charge is -2.00. The molecule has 0 saturated carbocycles. The second-order valence-corrected chi connectivity index (χ2v) is 5.72. The van der Waals surface area contributed by atoms with Gasteiger partial charge in [0.15, 0.2) is 0 Å². The van der Waals surface area contributed by atoms with Crippen molar-refractivity contribution >= 4 is 21.9 Å². The molecule has 1 aromatic carbocycles. The lowest BCUT2D eigenvalue weighted by Crippen LogP contribution is -2.04. The Balaban J connectivity index is 2.29. The van der Waals surface area contributed by atoms with E-state index in [4.69, 9.17) is 9.66 Å². The molecule has 1 rings (SSSR count). The van der Waals surface area contributed by atoms with Crippen molar-refractivity contribution in [3.63, 3.8) is 0 Å². The number of hydrogen-bond donors (Lipinski definition) is 2. The van der Waals surface area contributed by atoms with Crippen LogP contribution in [0.4, 0.5) is 0 Å². The smallest absolute Gasteiger partial charge is 0.264 e. The SMILES string of the molecule is O=S(=O)(O)CCCSc1ccc(O)cc1. The van der Waals surface area contributed by atoms with E-state index in [2.05, 4.69) is 0 Å². The molecule has 0 amide bonds. The monoisotopic (exact) mass is 248 g/mol. The minimum Gasteiger partial charge on any atom is -0.508 e. The van der Waals surface area contributed by atoms with Gasteiger partial charge in [0.25, 0.3) is 10.1 Å². The molecule has 2 N–H and O–H groups in total. The molecule has 6 heteroatoms. The standard InChI is InChI=1S/C9H12O4S2/c10-8-2-4-9(5-3-8)14-6-1-7-15(11,12)13/h2-5,10H,1,6-7H2,(H,11,12,13). The summed E-state index contributed by atoms with van der Waals surface area (Å²) in [5, 5.41) is 9.01. The van der Waals surface area contributed by atoms with Crippen molar-refractivity contribution < 1.29 is 18.1 Å². The van der Waals surface area contributed by atoms with E-state index in [1.807, 2.05) is 0 Å². The molecule has 0 fully saturated rings. The number of thioether (sulfide) groups is 1. The van der Waals surface area contributed by atoms with Crippen LogP contribution >= 0.6 is 11.8 Å². The predicted octanol–water partition coefficient (Wildman–Crippen LogP) is 1.76. The zero-order chi connectivity index (χ0) is 11.3. The van der Waals surface area contributed by atoms with Crippen molar-refractivity contribution in [1.29, 1.82) is 0 Å². The summed E-state index contributed by atoms with van der Waals surface area (Å²) in [6, 6.07) is 6.66. The van der Waals surface area contributed by atoms with Crippen LogP contribution in [-0.2, 0) is 10.1 Å². The van der Waals surface area contributed by atoms with Gasteiger partial charge in [0.1, 0.15) is 5.75 Å². The minimum absolute atomic E-state index is 0.206. The Labute approximate surface area is 93.1 Å². The highest BCUT2D eigenvalue weighted by molar-refractivity contribution is 7.99. The van der Waals surface area contributed by atoms with Gasteiger partial charge in [-0.2, -0.15) is 8.42 Å². The molecule has 4 nitrogen and oxygen atoms in total. The van der Waals surface area contributed by atoms with Crippen molar-refractivity contribution in [2.24, 2.45) is 0 Å². The first-order chi connectivity index (χ1) is 6.97. The Morgan fingerprint density at radius 1 is 1.20 bits per heavy atom. The largest absolute Gasteiger partial charge is 0.508 e. The topological polar surface area (TPSA) is 74.6 Å². The molecule has 0 heterocycles. The normalized spacial score (nSPS) is 11.5. The molecule has 0 aromatic heterocycles. The van der Waals surface area contributed by atoms with Crippen LogP contribution in [0.2, 0.25) is 0 Å². The molecule has 0 unspecified atom stereocenters. The van der Waals surface area contributed by atoms with E-state index in [-0.39, 0.29) is 11.5 Å². The molecule has 0 aliphatic heterocycles. The zero-order valence-corrected chi connectivity index (χ0v) is 9.59. The molecule has 0 saturated heterocycles. The molecule has 0 atom stereocenters. The van der Waals surface area contributed by atoms with E-state index >= 15 is 0 Å². The predicted molar refractivity (Wildman–Crippen MR) is 59.9 cm³/mol. The fourth-order valence-corrected chi connectivity index (χ4v) is 2.52. The quantitative estimate of drug-likeness (QED) is 0.472. The summed E-state index contributed by atoms with van der Waals surface area (Å²) in [4.78, 5) is 0.961. The van der Waals surface area contributed by atoms with Crippen LogP contribution in [0, 0.1) is 0 Å². The van der Waals surface area contributed by atoms with E-state index in [1.54, 1.807) is 24.3 Å². The summed E-state index contributed by atoms with van der Waals surface area (Å²) in [6.07, 6.45) is 0.407. The highest BCUT2D eigenvalue weighted by Crippen LogP contribution is 2.21.